The summed E-state index contributed by atoms with van der Waals surface area (Å²) in [6.45, 7) is 2.95. The molecule has 0 bridgehead atoms. The second-order valence-corrected chi connectivity index (χ2v) is 6.10. The van der Waals surface area contributed by atoms with Crippen LogP contribution in [0.4, 0.5) is 8.78 Å². The molecular weight excluding hydrogens is 477 g/mol. The van der Waals surface area contributed by atoms with Crippen molar-refractivity contribution in [3.05, 3.63) is 71.3 Å². The number of aliphatic imine (C=N–C) groups is 1. The molecule has 2 rings (SSSR count). The van der Waals surface area contributed by atoms with Crippen molar-refractivity contribution >= 4 is 35.8 Å². The van der Waals surface area contributed by atoms with Crippen LogP contribution in [-0.2, 0) is 17.8 Å². The van der Waals surface area contributed by atoms with Crippen molar-refractivity contribution in [3.63, 3.8) is 0 Å². The number of rotatable bonds is 8. The highest BCUT2D eigenvalue weighted by atomic mass is 127. The van der Waals surface area contributed by atoms with Gasteiger partial charge in [0.05, 0.1) is 12.5 Å². The molecule has 1 atom stereocenters. The van der Waals surface area contributed by atoms with Gasteiger partial charge < -0.3 is 16.4 Å². The lowest BCUT2D eigenvalue weighted by molar-refractivity contribution is -0.121. The van der Waals surface area contributed by atoms with Gasteiger partial charge in [0, 0.05) is 18.7 Å². The Labute approximate surface area is 180 Å². The minimum Gasteiger partial charge on any atom is -0.369 e. The summed E-state index contributed by atoms with van der Waals surface area (Å²) in [7, 11) is 0. The number of amides is 1. The lowest BCUT2D eigenvalue weighted by Gasteiger charge is -2.17. The molecule has 0 aliphatic heterocycles. The van der Waals surface area contributed by atoms with Gasteiger partial charge in [0.15, 0.2) is 5.96 Å². The zero-order valence-corrected chi connectivity index (χ0v) is 18.0. The maximum atomic E-state index is 13.7. The van der Waals surface area contributed by atoms with Gasteiger partial charge in [-0.2, -0.15) is 0 Å². The van der Waals surface area contributed by atoms with Gasteiger partial charge in [-0.25, -0.2) is 13.8 Å². The molecule has 2 aromatic rings. The number of hydrogen-bond acceptors (Lipinski definition) is 2. The molecule has 152 valence electrons. The molecule has 8 heteroatoms. The number of hydrogen-bond donors (Lipinski definition) is 3. The van der Waals surface area contributed by atoms with Gasteiger partial charge in [-0.3, -0.25) is 4.79 Å². The van der Waals surface area contributed by atoms with Crippen molar-refractivity contribution in [3.8, 4) is 0 Å². The minimum atomic E-state index is -0.493. The number of nitrogens with zero attached hydrogens (tertiary/aromatic N) is 1. The molecule has 0 spiro atoms. The predicted octanol–water partition coefficient (Wildman–Crippen LogP) is 2.98. The van der Waals surface area contributed by atoms with Crippen molar-refractivity contribution in [2.24, 2.45) is 16.6 Å². The Hall–Kier alpha value is -2.23. The smallest absolute Gasteiger partial charge is 0.222 e. The third-order valence-corrected chi connectivity index (χ3v) is 4.02. The monoisotopic (exact) mass is 502 g/mol. The van der Waals surface area contributed by atoms with Crippen LogP contribution < -0.4 is 16.4 Å². The molecule has 1 amide bonds. The summed E-state index contributed by atoms with van der Waals surface area (Å²) in [5.41, 5.74) is 6.79. The molecule has 0 aromatic heterocycles. The van der Waals surface area contributed by atoms with Crippen LogP contribution in [0.15, 0.2) is 53.5 Å². The number of benzene rings is 2. The van der Waals surface area contributed by atoms with E-state index in [9.17, 15) is 13.6 Å². The average Bonchev–Trinajstić information content (AvgIpc) is 2.65. The van der Waals surface area contributed by atoms with Crippen molar-refractivity contribution < 1.29 is 13.6 Å². The van der Waals surface area contributed by atoms with E-state index in [0.717, 1.165) is 5.56 Å². The third kappa shape index (κ3) is 7.79. The Kier molecular flexibility index (Phi) is 10.4. The van der Waals surface area contributed by atoms with Crippen LogP contribution in [0.1, 0.15) is 18.1 Å². The van der Waals surface area contributed by atoms with Gasteiger partial charge in [0.2, 0.25) is 5.91 Å². The van der Waals surface area contributed by atoms with E-state index in [1.165, 1.54) is 18.2 Å². The maximum absolute atomic E-state index is 13.7. The van der Waals surface area contributed by atoms with E-state index in [1.807, 2.05) is 6.92 Å². The summed E-state index contributed by atoms with van der Waals surface area (Å²) < 4.78 is 26.7. The zero-order valence-electron chi connectivity index (χ0n) is 15.6. The summed E-state index contributed by atoms with van der Waals surface area (Å²) in [5.74, 6) is -1.14. The van der Waals surface area contributed by atoms with E-state index in [1.54, 1.807) is 30.3 Å². The van der Waals surface area contributed by atoms with E-state index < -0.39 is 11.8 Å². The first kappa shape index (κ1) is 23.8. The molecule has 5 nitrogen and oxygen atoms in total. The first-order valence-electron chi connectivity index (χ1n) is 8.79. The first-order chi connectivity index (χ1) is 13.0. The predicted molar refractivity (Wildman–Crippen MR) is 117 cm³/mol. The molecule has 1 unspecified atom stereocenters. The van der Waals surface area contributed by atoms with Crippen molar-refractivity contribution in [1.29, 1.82) is 0 Å². The summed E-state index contributed by atoms with van der Waals surface area (Å²) in [6, 6.07) is 12.4. The molecule has 2 aromatic carbocycles. The number of carbonyl (C=O) groups excluding carboxylic acids is 1. The fraction of sp³-hybridized carbons (Fsp3) is 0.300. The van der Waals surface area contributed by atoms with Crippen LogP contribution in [0.3, 0.4) is 0 Å². The SMILES string of the molecule is CCNC(=NCc1ccccc1F)NCC(Cc1ccc(F)cc1)C(N)=O.I. The molecule has 0 saturated carbocycles. The summed E-state index contributed by atoms with van der Waals surface area (Å²) in [4.78, 5) is 16.1. The molecule has 0 radical (unpaired) electrons. The van der Waals surface area contributed by atoms with Crippen LogP contribution in [0.5, 0.6) is 0 Å². The van der Waals surface area contributed by atoms with Crippen LogP contribution in [-0.4, -0.2) is 25.0 Å². The van der Waals surface area contributed by atoms with Gasteiger partial charge in [-0.05, 0) is 37.1 Å². The Morgan fingerprint density at radius 3 is 2.39 bits per heavy atom. The second kappa shape index (κ2) is 12.3. The molecule has 0 fully saturated rings. The molecule has 0 saturated heterocycles. The number of primary amides is 1. The third-order valence-electron chi connectivity index (χ3n) is 4.02. The molecule has 0 aliphatic rings. The summed E-state index contributed by atoms with van der Waals surface area (Å²) >= 11 is 0. The minimum absolute atomic E-state index is 0. The lowest BCUT2D eigenvalue weighted by atomic mass is 9.98. The largest absolute Gasteiger partial charge is 0.369 e. The van der Waals surface area contributed by atoms with E-state index in [0.29, 0.717) is 24.5 Å². The van der Waals surface area contributed by atoms with Gasteiger partial charge >= 0.3 is 0 Å². The average molecular weight is 502 g/mol. The van der Waals surface area contributed by atoms with Gasteiger partial charge in [-0.1, -0.05) is 30.3 Å². The van der Waals surface area contributed by atoms with Crippen LogP contribution in [0.2, 0.25) is 0 Å². The van der Waals surface area contributed by atoms with E-state index in [4.69, 9.17) is 5.73 Å². The molecule has 28 heavy (non-hydrogen) atoms. The summed E-state index contributed by atoms with van der Waals surface area (Å²) in [6.07, 6.45) is 0.384. The van der Waals surface area contributed by atoms with Crippen LogP contribution in [0.25, 0.3) is 0 Å². The van der Waals surface area contributed by atoms with E-state index in [2.05, 4.69) is 15.6 Å². The number of carbonyl (C=O) groups is 1. The quantitative estimate of drug-likeness (QED) is 0.295. The maximum Gasteiger partial charge on any atom is 0.222 e. The molecule has 0 aliphatic carbocycles. The van der Waals surface area contributed by atoms with E-state index in [-0.39, 0.29) is 48.7 Å². The van der Waals surface area contributed by atoms with Gasteiger partial charge in [0.1, 0.15) is 11.6 Å². The normalized spacial score (nSPS) is 12.0. The molecule has 4 N–H and O–H groups in total. The Bertz CT molecular complexity index is 784. The number of halogens is 3. The lowest BCUT2D eigenvalue weighted by Crippen LogP contribution is -2.43. The first-order valence-corrected chi connectivity index (χ1v) is 8.79. The zero-order chi connectivity index (χ0) is 19.6. The van der Waals surface area contributed by atoms with Crippen molar-refractivity contribution in [2.45, 2.75) is 19.9 Å². The van der Waals surface area contributed by atoms with Crippen molar-refractivity contribution in [2.75, 3.05) is 13.1 Å². The number of nitrogens with two attached hydrogens (primary N) is 1. The highest BCUT2D eigenvalue weighted by molar-refractivity contribution is 14.0. The van der Waals surface area contributed by atoms with Gasteiger partial charge in [-0.15, -0.1) is 24.0 Å². The number of guanidine groups is 1. The highest BCUT2D eigenvalue weighted by Gasteiger charge is 2.17. The Balaban J connectivity index is 0.00000392. The summed E-state index contributed by atoms with van der Waals surface area (Å²) in [5, 5.41) is 6.12. The second-order valence-electron chi connectivity index (χ2n) is 6.10. The Morgan fingerprint density at radius 1 is 1.11 bits per heavy atom. The van der Waals surface area contributed by atoms with E-state index >= 15 is 0 Å². The van der Waals surface area contributed by atoms with Crippen molar-refractivity contribution in [1.82, 2.24) is 10.6 Å². The fourth-order valence-electron chi connectivity index (χ4n) is 2.53. The highest BCUT2D eigenvalue weighted by Crippen LogP contribution is 2.10. The van der Waals surface area contributed by atoms with Crippen LogP contribution in [0, 0.1) is 17.6 Å². The number of nitrogens with one attached hydrogen (secondary N) is 2. The Morgan fingerprint density at radius 2 is 1.79 bits per heavy atom. The molecule has 0 heterocycles. The van der Waals surface area contributed by atoms with Gasteiger partial charge in [0.25, 0.3) is 0 Å². The van der Waals surface area contributed by atoms with Crippen LogP contribution >= 0.6 is 24.0 Å². The standard InChI is InChI=1S/C20H24F2N4O.HI/c1-2-24-20(25-12-15-5-3-4-6-18(15)22)26-13-16(19(23)27)11-14-7-9-17(21)10-8-14;/h3-10,16H,2,11-13H2,1H3,(H2,23,27)(H2,24,25,26);1H. The topological polar surface area (TPSA) is 79.5 Å². The fourth-order valence-corrected chi connectivity index (χ4v) is 2.53. The molecular formula is C20H25F2IN4O.